The summed E-state index contributed by atoms with van der Waals surface area (Å²) < 4.78 is 0. The number of carbonyl (C=O) groups is 1. The third-order valence-corrected chi connectivity index (χ3v) is 3.43. The standard InChI is InChI=1S/C13H20N4O/c14-10-3-1-2-9(6-10)8-17-11-4-5-16-12(7-11)13(15)18/h4-5,7,9-10H,1-3,6,8,14H2,(H2,15,18)(H,16,17). The van der Waals surface area contributed by atoms with Crippen LogP contribution < -0.4 is 16.8 Å². The Bertz CT molecular complexity index is 421. The van der Waals surface area contributed by atoms with Crippen molar-refractivity contribution in [3.63, 3.8) is 0 Å². The Morgan fingerprint density at radius 1 is 1.50 bits per heavy atom. The van der Waals surface area contributed by atoms with Crippen LogP contribution >= 0.6 is 0 Å². The molecule has 1 amide bonds. The highest BCUT2D eigenvalue weighted by Gasteiger charge is 2.18. The molecule has 18 heavy (non-hydrogen) atoms. The number of anilines is 1. The van der Waals surface area contributed by atoms with Gasteiger partial charge in [-0.05, 0) is 37.3 Å². The number of pyridine rings is 1. The van der Waals surface area contributed by atoms with Crippen molar-refractivity contribution in [2.45, 2.75) is 31.7 Å². The third kappa shape index (κ3) is 3.43. The number of amides is 1. The summed E-state index contributed by atoms with van der Waals surface area (Å²) in [4.78, 5) is 14.9. The molecule has 1 aromatic heterocycles. The van der Waals surface area contributed by atoms with Gasteiger partial charge < -0.3 is 16.8 Å². The van der Waals surface area contributed by atoms with Gasteiger partial charge in [0.25, 0.3) is 5.91 Å². The Labute approximate surface area is 107 Å². The first-order valence-electron chi connectivity index (χ1n) is 6.40. The minimum atomic E-state index is -0.502. The van der Waals surface area contributed by atoms with Gasteiger partial charge >= 0.3 is 0 Å². The van der Waals surface area contributed by atoms with Gasteiger partial charge in [0.15, 0.2) is 0 Å². The van der Waals surface area contributed by atoms with E-state index in [1.807, 2.05) is 6.07 Å². The number of primary amides is 1. The van der Waals surface area contributed by atoms with Crippen molar-refractivity contribution in [1.82, 2.24) is 4.98 Å². The molecular formula is C13H20N4O. The zero-order valence-corrected chi connectivity index (χ0v) is 10.4. The summed E-state index contributed by atoms with van der Waals surface area (Å²) in [5.74, 6) is 0.109. The summed E-state index contributed by atoms with van der Waals surface area (Å²) in [5, 5.41) is 3.33. The molecule has 1 fully saturated rings. The van der Waals surface area contributed by atoms with Crippen LogP contribution in [0.3, 0.4) is 0 Å². The van der Waals surface area contributed by atoms with E-state index in [0.29, 0.717) is 17.7 Å². The zero-order chi connectivity index (χ0) is 13.0. The topological polar surface area (TPSA) is 94.0 Å². The molecule has 5 nitrogen and oxygen atoms in total. The number of nitrogens with two attached hydrogens (primary N) is 2. The first-order valence-corrected chi connectivity index (χ1v) is 6.40. The molecule has 5 N–H and O–H groups in total. The molecule has 1 saturated carbocycles. The van der Waals surface area contributed by atoms with Crippen LogP contribution in [0.25, 0.3) is 0 Å². The quantitative estimate of drug-likeness (QED) is 0.744. The molecule has 0 radical (unpaired) electrons. The maximum atomic E-state index is 11.0. The average Bonchev–Trinajstić information content (AvgIpc) is 2.37. The summed E-state index contributed by atoms with van der Waals surface area (Å²) in [6, 6.07) is 3.87. The van der Waals surface area contributed by atoms with Crippen LogP contribution in [0.5, 0.6) is 0 Å². The summed E-state index contributed by atoms with van der Waals surface area (Å²) in [5.41, 5.74) is 12.3. The molecule has 1 aromatic rings. The van der Waals surface area contributed by atoms with Crippen LogP contribution in [0.4, 0.5) is 5.69 Å². The molecule has 2 rings (SSSR count). The van der Waals surface area contributed by atoms with Gasteiger partial charge in [-0.15, -0.1) is 0 Å². The van der Waals surface area contributed by atoms with Crippen LogP contribution in [0.2, 0.25) is 0 Å². The van der Waals surface area contributed by atoms with Crippen LogP contribution in [-0.2, 0) is 0 Å². The number of aromatic nitrogens is 1. The highest BCUT2D eigenvalue weighted by Crippen LogP contribution is 2.23. The molecular weight excluding hydrogens is 228 g/mol. The van der Waals surface area contributed by atoms with Gasteiger partial charge in [0.05, 0.1) is 0 Å². The fourth-order valence-corrected chi connectivity index (χ4v) is 2.46. The first kappa shape index (κ1) is 12.8. The van der Waals surface area contributed by atoms with Gasteiger partial charge in [0.1, 0.15) is 5.69 Å². The fourth-order valence-electron chi connectivity index (χ4n) is 2.46. The molecule has 1 heterocycles. The van der Waals surface area contributed by atoms with Crippen LogP contribution in [0.1, 0.15) is 36.2 Å². The predicted octanol–water partition coefficient (Wildman–Crippen LogP) is 1.11. The Morgan fingerprint density at radius 3 is 3.06 bits per heavy atom. The molecule has 2 unspecified atom stereocenters. The fraction of sp³-hybridized carbons (Fsp3) is 0.538. The lowest BCUT2D eigenvalue weighted by Gasteiger charge is -2.27. The number of nitrogens with one attached hydrogen (secondary N) is 1. The maximum absolute atomic E-state index is 11.0. The van der Waals surface area contributed by atoms with Crippen LogP contribution in [0, 0.1) is 5.92 Å². The lowest BCUT2D eigenvalue weighted by molar-refractivity contribution is 0.0995. The highest BCUT2D eigenvalue weighted by atomic mass is 16.1. The summed E-state index contributed by atoms with van der Waals surface area (Å²) in [6.45, 7) is 0.885. The maximum Gasteiger partial charge on any atom is 0.267 e. The van der Waals surface area contributed by atoms with E-state index in [1.165, 1.54) is 12.8 Å². The Balaban J connectivity index is 1.89. The monoisotopic (exact) mass is 248 g/mol. The van der Waals surface area contributed by atoms with Gasteiger partial charge in [0, 0.05) is 24.5 Å². The highest BCUT2D eigenvalue weighted by molar-refractivity contribution is 5.91. The van der Waals surface area contributed by atoms with Crippen molar-refractivity contribution in [1.29, 1.82) is 0 Å². The normalized spacial score (nSPS) is 23.6. The van der Waals surface area contributed by atoms with Crippen molar-refractivity contribution in [3.05, 3.63) is 24.0 Å². The second-order valence-corrected chi connectivity index (χ2v) is 4.97. The van der Waals surface area contributed by atoms with E-state index >= 15 is 0 Å². The van der Waals surface area contributed by atoms with Crippen molar-refractivity contribution in [2.24, 2.45) is 17.4 Å². The summed E-state index contributed by atoms with van der Waals surface area (Å²) >= 11 is 0. The molecule has 1 aliphatic carbocycles. The molecule has 2 atom stereocenters. The van der Waals surface area contributed by atoms with Gasteiger partial charge in [-0.1, -0.05) is 6.42 Å². The first-order chi connectivity index (χ1) is 8.65. The lowest BCUT2D eigenvalue weighted by Crippen LogP contribution is -2.31. The van der Waals surface area contributed by atoms with Gasteiger partial charge in [-0.25, -0.2) is 0 Å². The van der Waals surface area contributed by atoms with Crippen LogP contribution in [0.15, 0.2) is 18.3 Å². The largest absolute Gasteiger partial charge is 0.385 e. The Kier molecular flexibility index (Phi) is 4.15. The smallest absolute Gasteiger partial charge is 0.267 e. The minimum Gasteiger partial charge on any atom is -0.385 e. The van der Waals surface area contributed by atoms with E-state index < -0.39 is 5.91 Å². The minimum absolute atomic E-state index is 0.292. The molecule has 0 bridgehead atoms. The number of nitrogens with zero attached hydrogens (tertiary/aromatic N) is 1. The summed E-state index contributed by atoms with van der Waals surface area (Å²) in [7, 11) is 0. The number of hydrogen-bond donors (Lipinski definition) is 3. The van der Waals surface area contributed by atoms with Crippen molar-refractivity contribution in [2.75, 3.05) is 11.9 Å². The number of carbonyl (C=O) groups excluding carboxylic acids is 1. The molecule has 0 spiro atoms. The second-order valence-electron chi connectivity index (χ2n) is 4.97. The predicted molar refractivity (Wildman–Crippen MR) is 71.2 cm³/mol. The van der Waals surface area contributed by atoms with Gasteiger partial charge in [-0.3, -0.25) is 9.78 Å². The second kappa shape index (κ2) is 5.82. The molecule has 0 aliphatic heterocycles. The van der Waals surface area contributed by atoms with E-state index in [4.69, 9.17) is 11.5 Å². The van der Waals surface area contributed by atoms with Gasteiger partial charge in [-0.2, -0.15) is 0 Å². The van der Waals surface area contributed by atoms with E-state index in [2.05, 4.69) is 10.3 Å². The van der Waals surface area contributed by atoms with Crippen LogP contribution in [-0.4, -0.2) is 23.5 Å². The van der Waals surface area contributed by atoms with Crippen molar-refractivity contribution in [3.8, 4) is 0 Å². The number of rotatable bonds is 4. The van der Waals surface area contributed by atoms with E-state index in [0.717, 1.165) is 25.1 Å². The average molecular weight is 248 g/mol. The summed E-state index contributed by atoms with van der Waals surface area (Å²) in [6.07, 6.45) is 6.22. The van der Waals surface area contributed by atoms with E-state index in [1.54, 1.807) is 12.3 Å². The van der Waals surface area contributed by atoms with Crippen molar-refractivity contribution < 1.29 is 4.79 Å². The molecule has 0 saturated heterocycles. The van der Waals surface area contributed by atoms with Gasteiger partial charge in [0.2, 0.25) is 0 Å². The van der Waals surface area contributed by atoms with E-state index in [-0.39, 0.29) is 0 Å². The molecule has 5 heteroatoms. The SMILES string of the molecule is NC(=O)c1cc(NCC2CCCC(N)C2)ccn1. The van der Waals surface area contributed by atoms with Crippen molar-refractivity contribution >= 4 is 11.6 Å². The zero-order valence-electron chi connectivity index (χ0n) is 10.4. The number of hydrogen-bond acceptors (Lipinski definition) is 4. The molecule has 0 aromatic carbocycles. The lowest BCUT2D eigenvalue weighted by atomic mass is 9.86. The molecule has 98 valence electrons. The van der Waals surface area contributed by atoms with E-state index in [9.17, 15) is 4.79 Å². The molecule has 1 aliphatic rings. The third-order valence-electron chi connectivity index (χ3n) is 3.43. The Hall–Kier alpha value is -1.62. The Morgan fingerprint density at radius 2 is 2.33 bits per heavy atom.